The molecule has 0 saturated heterocycles. The Bertz CT molecular complexity index is 490. The number of nitrogens with two attached hydrogens (primary N) is 1. The van der Waals surface area contributed by atoms with Crippen molar-refractivity contribution in [3.8, 4) is 0 Å². The van der Waals surface area contributed by atoms with E-state index in [0.717, 1.165) is 6.20 Å². The average molecular weight is 268 g/mol. The number of carbonyl (C=O) groups excluding carboxylic acids is 1. The molecule has 0 fully saturated rings. The van der Waals surface area contributed by atoms with Gasteiger partial charge in [-0.15, -0.1) is 0 Å². The van der Waals surface area contributed by atoms with E-state index in [4.69, 9.17) is 5.73 Å². The number of primary amides is 1. The number of nitro groups is 1. The molecule has 104 valence electrons. The number of anilines is 2. The summed E-state index contributed by atoms with van der Waals surface area (Å²) < 4.78 is 0. The molecule has 1 amide bonds. The lowest BCUT2D eigenvalue weighted by Gasteiger charge is -2.19. The van der Waals surface area contributed by atoms with Gasteiger partial charge in [-0.25, -0.2) is 4.98 Å². The van der Waals surface area contributed by atoms with Gasteiger partial charge >= 0.3 is 5.69 Å². The van der Waals surface area contributed by atoms with Gasteiger partial charge in [-0.05, 0) is 5.92 Å². The van der Waals surface area contributed by atoms with Crippen molar-refractivity contribution in [1.82, 2.24) is 9.97 Å². The van der Waals surface area contributed by atoms with Gasteiger partial charge in [-0.1, -0.05) is 13.8 Å². The molecule has 0 aliphatic rings. The number of carbonyl (C=O) groups is 1. The van der Waals surface area contributed by atoms with Crippen LogP contribution in [0.2, 0.25) is 0 Å². The first-order valence-electron chi connectivity index (χ1n) is 5.61. The van der Waals surface area contributed by atoms with Crippen LogP contribution >= 0.6 is 0 Å². The molecule has 1 unspecified atom stereocenters. The van der Waals surface area contributed by atoms with Crippen molar-refractivity contribution in [1.29, 1.82) is 0 Å². The molecule has 0 aliphatic heterocycles. The fourth-order valence-corrected chi connectivity index (χ4v) is 1.45. The summed E-state index contributed by atoms with van der Waals surface area (Å²) >= 11 is 0. The van der Waals surface area contributed by atoms with Gasteiger partial charge in [0.2, 0.25) is 17.7 Å². The zero-order chi connectivity index (χ0) is 14.6. The first-order chi connectivity index (χ1) is 8.86. The standard InChI is InChI=1S/C10H16N6O3/c1-5(2)7(8(11)17)14-9-6(16(18)19)4-13-10(12-3)15-9/h4-5,7H,1-3H3,(H2,11,17)(H2,12,13,14,15). The van der Waals surface area contributed by atoms with Crippen molar-refractivity contribution < 1.29 is 9.72 Å². The first-order valence-corrected chi connectivity index (χ1v) is 5.61. The Labute approximate surface area is 109 Å². The Kier molecular flexibility index (Phi) is 4.56. The van der Waals surface area contributed by atoms with Crippen molar-refractivity contribution in [3.63, 3.8) is 0 Å². The third kappa shape index (κ3) is 3.50. The third-order valence-corrected chi connectivity index (χ3v) is 2.46. The van der Waals surface area contributed by atoms with Crippen molar-refractivity contribution in [2.45, 2.75) is 19.9 Å². The van der Waals surface area contributed by atoms with E-state index in [-0.39, 0.29) is 23.4 Å². The molecule has 19 heavy (non-hydrogen) atoms. The van der Waals surface area contributed by atoms with Crippen LogP contribution in [0.4, 0.5) is 17.5 Å². The molecular weight excluding hydrogens is 252 g/mol. The fourth-order valence-electron chi connectivity index (χ4n) is 1.45. The highest BCUT2D eigenvalue weighted by atomic mass is 16.6. The van der Waals surface area contributed by atoms with Crippen LogP contribution in [0.1, 0.15) is 13.8 Å². The molecule has 0 spiro atoms. The number of nitrogens with zero attached hydrogens (tertiary/aromatic N) is 3. The van der Waals surface area contributed by atoms with Gasteiger partial charge in [0.1, 0.15) is 12.2 Å². The summed E-state index contributed by atoms with van der Waals surface area (Å²) in [5.74, 6) is -0.569. The van der Waals surface area contributed by atoms with E-state index in [2.05, 4.69) is 20.6 Å². The summed E-state index contributed by atoms with van der Waals surface area (Å²) in [7, 11) is 1.58. The Morgan fingerprint density at radius 1 is 1.53 bits per heavy atom. The lowest BCUT2D eigenvalue weighted by atomic mass is 10.0. The molecule has 0 bridgehead atoms. The van der Waals surface area contributed by atoms with E-state index < -0.39 is 16.9 Å². The summed E-state index contributed by atoms with van der Waals surface area (Å²) in [5.41, 5.74) is 4.94. The van der Waals surface area contributed by atoms with E-state index in [1.807, 2.05) is 0 Å². The van der Waals surface area contributed by atoms with Crippen LogP contribution in [0.3, 0.4) is 0 Å². The highest BCUT2D eigenvalue weighted by molar-refractivity contribution is 5.83. The minimum atomic E-state index is -0.752. The minimum Gasteiger partial charge on any atom is -0.368 e. The first kappa shape index (κ1) is 14.6. The van der Waals surface area contributed by atoms with E-state index in [9.17, 15) is 14.9 Å². The summed E-state index contributed by atoms with van der Waals surface area (Å²) in [4.78, 5) is 29.3. The molecule has 1 atom stereocenters. The van der Waals surface area contributed by atoms with Gasteiger partial charge in [0, 0.05) is 7.05 Å². The Morgan fingerprint density at radius 3 is 2.58 bits per heavy atom. The van der Waals surface area contributed by atoms with Crippen LogP contribution in [0.5, 0.6) is 0 Å². The Morgan fingerprint density at radius 2 is 2.16 bits per heavy atom. The van der Waals surface area contributed by atoms with Crippen LogP contribution in [-0.4, -0.2) is 33.9 Å². The minimum absolute atomic E-state index is 0.0400. The van der Waals surface area contributed by atoms with Gasteiger partial charge in [-0.2, -0.15) is 4.98 Å². The molecule has 9 heteroatoms. The van der Waals surface area contributed by atoms with Crippen molar-refractivity contribution in [2.24, 2.45) is 11.7 Å². The largest absolute Gasteiger partial charge is 0.368 e. The maximum atomic E-state index is 11.3. The lowest BCUT2D eigenvalue weighted by molar-refractivity contribution is -0.384. The second-order valence-electron chi connectivity index (χ2n) is 4.20. The van der Waals surface area contributed by atoms with Crippen LogP contribution in [-0.2, 0) is 4.79 Å². The monoisotopic (exact) mass is 268 g/mol. The van der Waals surface area contributed by atoms with Crippen molar-refractivity contribution in [2.75, 3.05) is 17.7 Å². The molecule has 4 N–H and O–H groups in total. The van der Waals surface area contributed by atoms with Crippen LogP contribution in [0.15, 0.2) is 6.20 Å². The summed E-state index contributed by atoms with van der Waals surface area (Å²) in [6, 6.07) is -0.752. The van der Waals surface area contributed by atoms with Crippen molar-refractivity contribution in [3.05, 3.63) is 16.3 Å². The highest BCUT2D eigenvalue weighted by Gasteiger charge is 2.25. The van der Waals surface area contributed by atoms with Gasteiger partial charge in [0.25, 0.3) is 0 Å². The third-order valence-electron chi connectivity index (χ3n) is 2.46. The Balaban J connectivity index is 3.15. The summed E-state index contributed by atoms with van der Waals surface area (Å²) in [6.45, 7) is 3.54. The molecule has 0 radical (unpaired) electrons. The Hall–Kier alpha value is -2.45. The smallest absolute Gasteiger partial charge is 0.329 e. The molecule has 1 rings (SSSR count). The highest BCUT2D eigenvalue weighted by Crippen LogP contribution is 2.23. The number of amides is 1. The maximum Gasteiger partial charge on any atom is 0.329 e. The number of aromatic nitrogens is 2. The number of rotatable bonds is 6. The molecule has 0 saturated carbocycles. The molecule has 9 nitrogen and oxygen atoms in total. The quantitative estimate of drug-likeness (QED) is 0.500. The lowest BCUT2D eigenvalue weighted by Crippen LogP contribution is -2.40. The van der Waals surface area contributed by atoms with Gasteiger partial charge < -0.3 is 16.4 Å². The number of nitrogens with one attached hydrogen (secondary N) is 2. The van der Waals surface area contributed by atoms with E-state index in [1.54, 1.807) is 20.9 Å². The molecule has 1 aromatic heterocycles. The molecule has 1 aromatic rings. The van der Waals surface area contributed by atoms with E-state index in [0.29, 0.717) is 0 Å². The second kappa shape index (κ2) is 5.94. The summed E-state index contributed by atoms with van der Waals surface area (Å²) in [6.07, 6.45) is 1.07. The SMILES string of the molecule is CNc1ncc([N+](=O)[O-])c(NC(C(N)=O)C(C)C)n1. The average Bonchev–Trinajstić information content (AvgIpc) is 2.34. The predicted octanol–water partition coefficient (Wildman–Crippen LogP) is 0.348. The van der Waals surface area contributed by atoms with Crippen LogP contribution in [0.25, 0.3) is 0 Å². The second-order valence-corrected chi connectivity index (χ2v) is 4.20. The summed E-state index contributed by atoms with van der Waals surface area (Å²) in [5, 5.41) is 16.3. The van der Waals surface area contributed by atoms with E-state index in [1.165, 1.54) is 0 Å². The normalized spacial score (nSPS) is 12.0. The molecular formula is C10H16N6O3. The van der Waals surface area contributed by atoms with Crippen LogP contribution < -0.4 is 16.4 Å². The number of hydrogen-bond acceptors (Lipinski definition) is 7. The molecule has 1 heterocycles. The van der Waals surface area contributed by atoms with Gasteiger partial charge in [0.15, 0.2) is 0 Å². The predicted molar refractivity (Wildman–Crippen MR) is 69.7 cm³/mol. The van der Waals surface area contributed by atoms with Gasteiger partial charge in [-0.3, -0.25) is 14.9 Å². The van der Waals surface area contributed by atoms with Crippen LogP contribution in [0, 0.1) is 16.0 Å². The molecule has 0 aromatic carbocycles. The zero-order valence-electron chi connectivity index (χ0n) is 10.9. The number of hydrogen-bond donors (Lipinski definition) is 3. The molecule has 0 aliphatic carbocycles. The fraction of sp³-hybridized carbons (Fsp3) is 0.500. The van der Waals surface area contributed by atoms with E-state index >= 15 is 0 Å². The van der Waals surface area contributed by atoms with Gasteiger partial charge in [0.05, 0.1) is 4.92 Å². The zero-order valence-corrected chi connectivity index (χ0v) is 10.9. The topological polar surface area (TPSA) is 136 Å². The van der Waals surface area contributed by atoms with Crippen molar-refractivity contribution >= 4 is 23.4 Å². The maximum absolute atomic E-state index is 11.3.